The lowest BCUT2D eigenvalue weighted by Gasteiger charge is -2.35. The average molecular weight is 322 g/mol. The molecule has 1 atom stereocenters. The Hall–Kier alpha value is -1.95. The van der Waals surface area contributed by atoms with Crippen LogP contribution < -0.4 is 14.8 Å². The van der Waals surface area contributed by atoms with Crippen molar-refractivity contribution in [3.63, 3.8) is 0 Å². The standard InChI is InChI=1S/C17H26N2O4/c1-17(2,3)23-16(20)19-7-6-18-15(11-19)12-8-13(21-4)10-14(9-12)22-5/h8-10,15,18H,6-7,11H2,1-5H3/t15-/m0/s1. The van der Waals surface area contributed by atoms with Crippen LogP contribution in [0.4, 0.5) is 4.79 Å². The number of piperazine rings is 1. The molecule has 0 aromatic heterocycles. The molecule has 0 spiro atoms. The Kier molecular flexibility index (Phi) is 5.36. The maximum atomic E-state index is 12.3. The molecule has 1 fully saturated rings. The van der Waals surface area contributed by atoms with E-state index in [9.17, 15) is 4.79 Å². The highest BCUT2D eigenvalue weighted by Gasteiger charge is 2.28. The fourth-order valence-corrected chi connectivity index (χ4v) is 2.50. The van der Waals surface area contributed by atoms with Crippen molar-refractivity contribution in [1.82, 2.24) is 10.2 Å². The SMILES string of the molecule is COc1cc(OC)cc([C@@H]2CN(C(=O)OC(C)(C)C)CCN2)c1. The van der Waals surface area contributed by atoms with Crippen molar-refractivity contribution in [2.24, 2.45) is 0 Å². The van der Waals surface area contributed by atoms with E-state index in [0.29, 0.717) is 19.6 Å². The highest BCUT2D eigenvalue weighted by molar-refractivity contribution is 5.68. The van der Waals surface area contributed by atoms with Crippen LogP contribution in [0.1, 0.15) is 32.4 Å². The predicted octanol–water partition coefficient (Wildman–Crippen LogP) is 2.59. The zero-order valence-electron chi connectivity index (χ0n) is 14.5. The summed E-state index contributed by atoms with van der Waals surface area (Å²) in [6.45, 7) is 7.51. The number of ether oxygens (including phenoxy) is 3. The Morgan fingerprint density at radius 2 is 1.78 bits per heavy atom. The summed E-state index contributed by atoms with van der Waals surface area (Å²) in [5.41, 5.74) is 0.533. The maximum absolute atomic E-state index is 12.3. The van der Waals surface area contributed by atoms with Crippen LogP contribution in [0.2, 0.25) is 0 Å². The summed E-state index contributed by atoms with van der Waals surface area (Å²) in [7, 11) is 3.25. The summed E-state index contributed by atoms with van der Waals surface area (Å²) >= 11 is 0. The largest absolute Gasteiger partial charge is 0.497 e. The minimum atomic E-state index is -0.489. The molecule has 2 rings (SSSR count). The first kappa shape index (κ1) is 17.4. The van der Waals surface area contributed by atoms with Gasteiger partial charge in [-0.3, -0.25) is 0 Å². The third kappa shape index (κ3) is 4.76. The Balaban J connectivity index is 2.13. The Morgan fingerprint density at radius 3 is 2.30 bits per heavy atom. The van der Waals surface area contributed by atoms with Crippen LogP contribution in [0.15, 0.2) is 18.2 Å². The summed E-state index contributed by atoms with van der Waals surface area (Å²) in [4.78, 5) is 14.0. The summed E-state index contributed by atoms with van der Waals surface area (Å²) < 4.78 is 16.1. The van der Waals surface area contributed by atoms with Gasteiger partial charge in [0.05, 0.1) is 20.3 Å². The van der Waals surface area contributed by atoms with Gasteiger partial charge in [-0.15, -0.1) is 0 Å². The molecule has 128 valence electrons. The molecule has 1 aromatic carbocycles. The lowest BCUT2D eigenvalue weighted by atomic mass is 10.0. The normalized spacial score (nSPS) is 18.5. The number of nitrogens with one attached hydrogen (secondary N) is 1. The van der Waals surface area contributed by atoms with Gasteiger partial charge in [-0.05, 0) is 38.5 Å². The monoisotopic (exact) mass is 322 g/mol. The summed E-state index contributed by atoms with van der Waals surface area (Å²) in [5.74, 6) is 1.46. The Morgan fingerprint density at radius 1 is 1.17 bits per heavy atom. The third-order valence-electron chi connectivity index (χ3n) is 3.60. The molecule has 1 N–H and O–H groups in total. The average Bonchev–Trinajstić information content (AvgIpc) is 2.52. The van der Waals surface area contributed by atoms with Gasteiger partial charge in [0.2, 0.25) is 0 Å². The van der Waals surface area contributed by atoms with E-state index < -0.39 is 5.60 Å². The number of methoxy groups -OCH3 is 2. The number of nitrogens with zero attached hydrogens (tertiary/aromatic N) is 1. The number of amides is 1. The smallest absolute Gasteiger partial charge is 0.410 e. The van der Waals surface area contributed by atoms with Crippen molar-refractivity contribution in [3.05, 3.63) is 23.8 Å². The summed E-state index contributed by atoms with van der Waals surface area (Å²) in [5, 5.41) is 3.43. The van der Waals surface area contributed by atoms with Gasteiger partial charge in [0, 0.05) is 25.7 Å². The van der Waals surface area contributed by atoms with Gasteiger partial charge in [-0.1, -0.05) is 0 Å². The molecule has 1 aliphatic rings. The molecule has 6 heteroatoms. The molecule has 6 nitrogen and oxygen atoms in total. The third-order valence-corrected chi connectivity index (χ3v) is 3.60. The van der Waals surface area contributed by atoms with E-state index >= 15 is 0 Å². The lowest BCUT2D eigenvalue weighted by Crippen LogP contribution is -2.49. The molecule has 0 aliphatic carbocycles. The Bertz CT molecular complexity index is 532. The van der Waals surface area contributed by atoms with Crippen LogP contribution >= 0.6 is 0 Å². The van der Waals surface area contributed by atoms with Gasteiger partial charge in [0.15, 0.2) is 0 Å². The number of carbonyl (C=O) groups is 1. The molecule has 1 saturated heterocycles. The van der Waals surface area contributed by atoms with Crippen molar-refractivity contribution < 1.29 is 19.0 Å². The molecule has 0 bridgehead atoms. The van der Waals surface area contributed by atoms with E-state index in [0.717, 1.165) is 17.1 Å². The second-order valence-corrected chi connectivity index (χ2v) is 6.58. The number of rotatable bonds is 3. The molecule has 0 saturated carbocycles. The highest BCUT2D eigenvalue weighted by Crippen LogP contribution is 2.28. The van der Waals surface area contributed by atoms with Crippen molar-refractivity contribution in [1.29, 1.82) is 0 Å². The van der Waals surface area contributed by atoms with Crippen molar-refractivity contribution in [2.45, 2.75) is 32.4 Å². The zero-order valence-corrected chi connectivity index (χ0v) is 14.5. The molecule has 23 heavy (non-hydrogen) atoms. The zero-order chi connectivity index (χ0) is 17.0. The molecule has 0 radical (unpaired) electrons. The molecule has 0 unspecified atom stereocenters. The lowest BCUT2D eigenvalue weighted by molar-refractivity contribution is 0.0195. The van der Waals surface area contributed by atoms with Gasteiger partial charge in [0.25, 0.3) is 0 Å². The van der Waals surface area contributed by atoms with Crippen molar-refractivity contribution in [3.8, 4) is 11.5 Å². The van der Waals surface area contributed by atoms with E-state index in [1.165, 1.54) is 0 Å². The summed E-state index contributed by atoms with van der Waals surface area (Å²) in [6.07, 6.45) is -0.279. The van der Waals surface area contributed by atoms with Gasteiger partial charge in [0.1, 0.15) is 17.1 Å². The minimum absolute atomic E-state index is 0.0141. The number of carbonyl (C=O) groups excluding carboxylic acids is 1. The fourth-order valence-electron chi connectivity index (χ4n) is 2.50. The second-order valence-electron chi connectivity index (χ2n) is 6.58. The number of hydrogen-bond acceptors (Lipinski definition) is 5. The van der Waals surface area contributed by atoms with Crippen LogP contribution in [-0.4, -0.2) is 50.4 Å². The van der Waals surface area contributed by atoms with Crippen LogP contribution in [-0.2, 0) is 4.74 Å². The van der Waals surface area contributed by atoms with Crippen molar-refractivity contribution in [2.75, 3.05) is 33.9 Å². The van der Waals surface area contributed by atoms with Crippen molar-refractivity contribution >= 4 is 6.09 Å². The van der Waals surface area contributed by atoms with Crippen LogP contribution in [0.5, 0.6) is 11.5 Å². The van der Waals surface area contributed by atoms with Gasteiger partial charge in [-0.2, -0.15) is 0 Å². The number of benzene rings is 1. The van der Waals surface area contributed by atoms with Crippen LogP contribution in [0.3, 0.4) is 0 Å². The molecule has 1 amide bonds. The predicted molar refractivity (Wildman–Crippen MR) is 88.1 cm³/mol. The van der Waals surface area contributed by atoms with Crippen LogP contribution in [0.25, 0.3) is 0 Å². The quantitative estimate of drug-likeness (QED) is 0.927. The van der Waals surface area contributed by atoms with E-state index in [-0.39, 0.29) is 12.1 Å². The van der Waals surface area contributed by atoms with E-state index in [4.69, 9.17) is 14.2 Å². The molecule has 1 heterocycles. The maximum Gasteiger partial charge on any atom is 0.410 e. The number of hydrogen-bond donors (Lipinski definition) is 1. The van der Waals surface area contributed by atoms with Gasteiger partial charge >= 0.3 is 6.09 Å². The Labute approximate surface area is 137 Å². The minimum Gasteiger partial charge on any atom is -0.497 e. The summed E-state index contributed by atoms with van der Waals surface area (Å²) in [6, 6.07) is 5.76. The van der Waals surface area contributed by atoms with Crippen LogP contribution in [0, 0.1) is 0 Å². The first-order valence-electron chi connectivity index (χ1n) is 7.76. The second kappa shape index (κ2) is 7.08. The van der Waals surface area contributed by atoms with Gasteiger partial charge in [-0.25, -0.2) is 4.79 Å². The first-order valence-corrected chi connectivity index (χ1v) is 7.76. The molecule has 1 aromatic rings. The molecule has 1 aliphatic heterocycles. The highest BCUT2D eigenvalue weighted by atomic mass is 16.6. The van der Waals surface area contributed by atoms with E-state index in [2.05, 4.69) is 5.32 Å². The topological polar surface area (TPSA) is 60.0 Å². The van der Waals surface area contributed by atoms with E-state index in [1.807, 2.05) is 39.0 Å². The van der Waals surface area contributed by atoms with Gasteiger partial charge < -0.3 is 24.4 Å². The fraction of sp³-hybridized carbons (Fsp3) is 0.588. The van der Waals surface area contributed by atoms with E-state index in [1.54, 1.807) is 19.1 Å². The molecular formula is C17H26N2O4. The first-order chi connectivity index (χ1) is 10.8. The molecular weight excluding hydrogens is 296 g/mol.